The van der Waals surface area contributed by atoms with Crippen molar-refractivity contribution in [3.05, 3.63) is 18.2 Å². The molecule has 3 heteroatoms. The molecule has 1 saturated heterocycles. The Labute approximate surface area is 92.1 Å². The van der Waals surface area contributed by atoms with E-state index in [9.17, 15) is 0 Å². The number of hydrogen-bond donors (Lipinski definition) is 0. The molecule has 3 nitrogen and oxygen atoms in total. The number of hydrogen-bond acceptors (Lipinski definition) is 2. The summed E-state index contributed by atoms with van der Waals surface area (Å²) in [6.07, 6.45) is 9.29. The maximum atomic E-state index is 4.40. The van der Waals surface area contributed by atoms with Crippen LogP contribution in [-0.4, -0.2) is 27.0 Å². The molecule has 0 aromatic carbocycles. The number of nitrogens with zero attached hydrogens (tertiary/aromatic N) is 3. The minimum Gasteiger partial charge on any atom is -0.337 e. The summed E-state index contributed by atoms with van der Waals surface area (Å²) in [5.41, 5.74) is 0. The highest BCUT2D eigenvalue weighted by molar-refractivity contribution is 4.92. The summed E-state index contributed by atoms with van der Waals surface area (Å²) in [7, 11) is 2.08. The first kappa shape index (κ1) is 10.7. The van der Waals surface area contributed by atoms with E-state index in [1.54, 1.807) is 0 Å². The topological polar surface area (TPSA) is 21.1 Å². The predicted molar refractivity (Wildman–Crippen MR) is 61.5 cm³/mol. The van der Waals surface area contributed by atoms with Gasteiger partial charge in [-0.1, -0.05) is 13.3 Å². The zero-order valence-corrected chi connectivity index (χ0v) is 9.82. The molecule has 2 heterocycles. The molecule has 0 saturated carbocycles. The third-order valence-electron chi connectivity index (χ3n) is 3.49. The van der Waals surface area contributed by atoms with Crippen LogP contribution in [0.4, 0.5) is 0 Å². The van der Waals surface area contributed by atoms with Crippen LogP contribution in [-0.2, 0) is 13.6 Å². The first-order valence-corrected chi connectivity index (χ1v) is 6.01. The first-order chi connectivity index (χ1) is 7.31. The lowest BCUT2D eigenvalue weighted by molar-refractivity contribution is 0.131. The molecule has 15 heavy (non-hydrogen) atoms. The molecule has 1 aromatic heterocycles. The molecule has 0 N–H and O–H groups in total. The first-order valence-electron chi connectivity index (χ1n) is 6.01. The maximum Gasteiger partial charge on any atom is 0.122 e. The molecule has 1 fully saturated rings. The second kappa shape index (κ2) is 4.79. The normalized spacial score (nSPS) is 23.2. The van der Waals surface area contributed by atoms with Crippen molar-refractivity contribution in [2.75, 3.05) is 6.54 Å². The summed E-state index contributed by atoms with van der Waals surface area (Å²) in [5, 5.41) is 0. The number of aromatic nitrogens is 2. The molecule has 1 aliphatic heterocycles. The maximum absolute atomic E-state index is 4.40. The Morgan fingerprint density at radius 3 is 3.00 bits per heavy atom. The molecule has 1 aliphatic rings. The number of piperidine rings is 1. The van der Waals surface area contributed by atoms with Crippen LogP contribution in [0, 0.1) is 0 Å². The van der Waals surface area contributed by atoms with Gasteiger partial charge in [0.15, 0.2) is 0 Å². The van der Waals surface area contributed by atoms with Gasteiger partial charge in [0.05, 0.1) is 6.54 Å². The minimum absolute atomic E-state index is 0.774. The van der Waals surface area contributed by atoms with E-state index in [0.717, 1.165) is 12.6 Å². The van der Waals surface area contributed by atoms with Crippen LogP contribution in [0.25, 0.3) is 0 Å². The van der Waals surface area contributed by atoms with Gasteiger partial charge in [0.25, 0.3) is 0 Å². The number of aryl methyl sites for hydroxylation is 1. The molecule has 2 rings (SSSR count). The summed E-state index contributed by atoms with van der Waals surface area (Å²) < 4.78 is 2.13. The van der Waals surface area contributed by atoms with E-state index < -0.39 is 0 Å². The van der Waals surface area contributed by atoms with E-state index >= 15 is 0 Å². The van der Waals surface area contributed by atoms with Gasteiger partial charge >= 0.3 is 0 Å². The Morgan fingerprint density at radius 1 is 1.47 bits per heavy atom. The van der Waals surface area contributed by atoms with Crippen molar-refractivity contribution in [3.8, 4) is 0 Å². The summed E-state index contributed by atoms with van der Waals surface area (Å²) in [6, 6.07) is 0.774. The Morgan fingerprint density at radius 2 is 2.33 bits per heavy atom. The van der Waals surface area contributed by atoms with Gasteiger partial charge in [0.2, 0.25) is 0 Å². The Hall–Kier alpha value is -0.830. The third kappa shape index (κ3) is 2.40. The molecule has 0 amide bonds. The summed E-state index contributed by atoms with van der Waals surface area (Å²) in [6.45, 7) is 4.55. The van der Waals surface area contributed by atoms with E-state index in [0.29, 0.717) is 0 Å². The van der Waals surface area contributed by atoms with Crippen LogP contribution in [0.15, 0.2) is 12.4 Å². The molecule has 0 radical (unpaired) electrons. The summed E-state index contributed by atoms with van der Waals surface area (Å²) in [4.78, 5) is 6.99. The monoisotopic (exact) mass is 207 g/mol. The van der Waals surface area contributed by atoms with Gasteiger partial charge in [-0.05, 0) is 25.8 Å². The van der Waals surface area contributed by atoms with Crippen molar-refractivity contribution < 1.29 is 0 Å². The molecular weight excluding hydrogens is 186 g/mol. The average Bonchev–Trinajstić information content (AvgIpc) is 2.65. The van der Waals surface area contributed by atoms with Crippen molar-refractivity contribution in [3.63, 3.8) is 0 Å². The Kier molecular flexibility index (Phi) is 3.41. The molecule has 0 spiro atoms. The van der Waals surface area contributed by atoms with E-state index in [1.165, 1.54) is 38.1 Å². The molecule has 1 atom stereocenters. The number of rotatable bonds is 3. The SMILES string of the molecule is CCC1CCCCN1Cc1nccn1C. The van der Waals surface area contributed by atoms with Crippen LogP contribution in [0.5, 0.6) is 0 Å². The Balaban J connectivity index is 2.00. The van der Waals surface area contributed by atoms with Crippen LogP contribution in [0.3, 0.4) is 0 Å². The molecule has 0 aliphatic carbocycles. The largest absolute Gasteiger partial charge is 0.337 e. The summed E-state index contributed by atoms with van der Waals surface area (Å²) in [5.74, 6) is 1.19. The molecule has 1 unspecified atom stereocenters. The quantitative estimate of drug-likeness (QED) is 0.757. The lowest BCUT2D eigenvalue weighted by Gasteiger charge is -2.34. The fourth-order valence-corrected chi connectivity index (χ4v) is 2.46. The van der Waals surface area contributed by atoms with E-state index in [2.05, 4.69) is 28.4 Å². The molecule has 84 valence electrons. The lowest BCUT2D eigenvalue weighted by Crippen LogP contribution is -2.39. The van der Waals surface area contributed by atoms with Crippen molar-refractivity contribution >= 4 is 0 Å². The van der Waals surface area contributed by atoms with Crippen LogP contribution in [0.1, 0.15) is 38.4 Å². The van der Waals surface area contributed by atoms with Crippen molar-refractivity contribution in [1.82, 2.24) is 14.5 Å². The van der Waals surface area contributed by atoms with E-state index in [1.807, 2.05) is 12.4 Å². The molecule has 1 aromatic rings. The van der Waals surface area contributed by atoms with Crippen LogP contribution < -0.4 is 0 Å². The van der Waals surface area contributed by atoms with E-state index in [4.69, 9.17) is 0 Å². The highest BCUT2D eigenvalue weighted by Crippen LogP contribution is 2.20. The minimum atomic E-state index is 0.774. The number of imidazole rings is 1. The van der Waals surface area contributed by atoms with Gasteiger partial charge in [-0.15, -0.1) is 0 Å². The standard InChI is InChI=1S/C12H21N3/c1-3-11-6-4-5-8-15(11)10-12-13-7-9-14(12)2/h7,9,11H,3-6,8,10H2,1-2H3. The zero-order valence-electron chi connectivity index (χ0n) is 9.82. The van der Waals surface area contributed by atoms with Gasteiger partial charge in [-0.3, -0.25) is 4.90 Å². The second-order valence-corrected chi connectivity index (χ2v) is 4.48. The fraction of sp³-hybridized carbons (Fsp3) is 0.750. The highest BCUT2D eigenvalue weighted by atomic mass is 15.2. The second-order valence-electron chi connectivity index (χ2n) is 4.48. The van der Waals surface area contributed by atoms with Gasteiger partial charge < -0.3 is 4.57 Å². The highest BCUT2D eigenvalue weighted by Gasteiger charge is 2.21. The molecular formula is C12H21N3. The van der Waals surface area contributed by atoms with Crippen LogP contribution in [0.2, 0.25) is 0 Å². The number of likely N-dealkylation sites (tertiary alicyclic amines) is 1. The van der Waals surface area contributed by atoms with Crippen molar-refractivity contribution in [1.29, 1.82) is 0 Å². The molecule has 0 bridgehead atoms. The zero-order chi connectivity index (χ0) is 10.7. The predicted octanol–water partition coefficient (Wildman–Crippen LogP) is 2.18. The van der Waals surface area contributed by atoms with Crippen molar-refractivity contribution in [2.45, 2.75) is 45.2 Å². The third-order valence-corrected chi connectivity index (χ3v) is 3.49. The average molecular weight is 207 g/mol. The van der Waals surface area contributed by atoms with Crippen molar-refractivity contribution in [2.24, 2.45) is 7.05 Å². The van der Waals surface area contributed by atoms with Crippen LogP contribution >= 0.6 is 0 Å². The van der Waals surface area contributed by atoms with Gasteiger partial charge in [-0.2, -0.15) is 0 Å². The lowest BCUT2D eigenvalue weighted by atomic mass is 10.0. The smallest absolute Gasteiger partial charge is 0.122 e. The van der Waals surface area contributed by atoms with Gasteiger partial charge in [-0.25, -0.2) is 4.98 Å². The van der Waals surface area contributed by atoms with Gasteiger partial charge in [0.1, 0.15) is 5.82 Å². The summed E-state index contributed by atoms with van der Waals surface area (Å²) >= 11 is 0. The van der Waals surface area contributed by atoms with Gasteiger partial charge in [0, 0.05) is 25.5 Å². The Bertz CT molecular complexity index is 306. The van der Waals surface area contributed by atoms with E-state index in [-0.39, 0.29) is 0 Å². The fourth-order valence-electron chi connectivity index (χ4n) is 2.46.